The zero-order valence-electron chi connectivity index (χ0n) is 18.9. The lowest BCUT2D eigenvalue weighted by atomic mass is 9.92. The average Bonchev–Trinajstić information content (AvgIpc) is 3.48. The highest BCUT2D eigenvalue weighted by molar-refractivity contribution is 7.93. The Hall–Kier alpha value is -3.73. The molecule has 2 aromatic carbocycles. The lowest BCUT2D eigenvalue weighted by molar-refractivity contribution is 0.236. The predicted molar refractivity (Wildman–Crippen MR) is 124 cm³/mol. The van der Waals surface area contributed by atoms with Gasteiger partial charge < -0.3 is 18.7 Å². The van der Waals surface area contributed by atoms with Crippen LogP contribution >= 0.6 is 0 Å². The van der Waals surface area contributed by atoms with Crippen LogP contribution in [0.25, 0.3) is 11.0 Å². The van der Waals surface area contributed by atoms with Crippen molar-refractivity contribution < 1.29 is 27.2 Å². The smallest absolute Gasteiger partial charge is 0.270 e. The molecule has 1 aliphatic rings. The quantitative estimate of drug-likeness (QED) is 0.424. The number of sulfonamides is 1. The van der Waals surface area contributed by atoms with E-state index in [9.17, 15) is 8.42 Å². The van der Waals surface area contributed by atoms with Gasteiger partial charge in [-0.15, -0.1) is 0 Å². The summed E-state index contributed by atoms with van der Waals surface area (Å²) in [7, 11) is -1.35. The molecule has 0 saturated heterocycles. The number of anilines is 1. The number of benzene rings is 2. The zero-order chi connectivity index (χ0) is 23.9. The summed E-state index contributed by atoms with van der Waals surface area (Å²) in [5.74, 6) is 1.21. The Bertz CT molecular complexity index is 1420. The van der Waals surface area contributed by atoms with Gasteiger partial charge in [-0.1, -0.05) is 18.1 Å². The van der Waals surface area contributed by atoms with Crippen LogP contribution in [0.2, 0.25) is 0 Å². The molecule has 0 fully saturated rings. The molecule has 1 atom stereocenters. The van der Waals surface area contributed by atoms with Crippen molar-refractivity contribution in [1.82, 2.24) is 14.9 Å². The SMILES string of the molecule is COc1cccc(OC)c1S(=O)(=O)Nc1noc2cc(Cn3cccn3)c3c(c12)OCC(C)C3. The summed E-state index contributed by atoms with van der Waals surface area (Å²) in [5, 5.41) is 8.80. The largest absolute Gasteiger partial charge is 0.495 e. The molecule has 10 nitrogen and oxygen atoms in total. The van der Waals surface area contributed by atoms with E-state index in [0.717, 1.165) is 17.5 Å². The van der Waals surface area contributed by atoms with Gasteiger partial charge in [0.15, 0.2) is 16.3 Å². The third-order valence-electron chi connectivity index (χ3n) is 5.75. The van der Waals surface area contributed by atoms with Gasteiger partial charge in [-0.3, -0.25) is 9.40 Å². The predicted octanol–water partition coefficient (Wildman–Crippen LogP) is 3.46. The van der Waals surface area contributed by atoms with E-state index in [0.29, 0.717) is 35.8 Å². The summed E-state index contributed by atoms with van der Waals surface area (Å²) in [6.45, 7) is 3.14. The van der Waals surface area contributed by atoms with Crippen LogP contribution in [-0.2, 0) is 23.0 Å². The van der Waals surface area contributed by atoms with E-state index in [4.69, 9.17) is 18.7 Å². The van der Waals surface area contributed by atoms with E-state index >= 15 is 0 Å². The summed E-state index contributed by atoms with van der Waals surface area (Å²) in [6.07, 6.45) is 4.38. The average molecular weight is 485 g/mol. The molecule has 4 aromatic rings. The minimum Gasteiger partial charge on any atom is -0.495 e. The van der Waals surface area contributed by atoms with Crippen LogP contribution in [0.4, 0.5) is 5.82 Å². The molecule has 0 saturated carbocycles. The van der Waals surface area contributed by atoms with Crippen molar-refractivity contribution in [3.05, 3.63) is 53.9 Å². The van der Waals surface area contributed by atoms with E-state index in [2.05, 4.69) is 21.9 Å². The van der Waals surface area contributed by atoms with Crippen molar-refractivity contribution in [3.63, 3.8) is 0 Å². The maximum atomic E-state index is 13.4. The molecule has 178 valence electrons. The first-order valence-electron chi connectivity index (χ1n) is 10.7. The molecule has 3 heterocycles. The number of nitrogens with one attached hydrogen (secondary N) is 1. The van der Waals surface area contributed by atoms with Crippen molar-refractivity contribution in [2.45, 2.75) is 24.8 Å². The molecule has 0 amide bonds. The molecule has 5 rings (SSSR count). The summed E-state index contributed by atoms with van der Waals surface area (Å²) >= 11 is 0. The van der Waals surface area contributed by atoms with Crippen molar-refractivity contribution in [2.24, 2.45) is 5.92 Å². The van der Waals surface area contributed by atoms with E-state index < -0.39 is 10.0 Å². The molecule has 0 radical (unpaired) electrons. The maximum absolute atomic E-state index is 13.4. The highest BCUT2D eigenvalue weighted by Crippen LogP contribution is 2.43. The maximum Gasteiger partial charge on any atom is 0.270 e. The van der Waals surface area contributed by atoms with E-state index in [-0.39, 0.29) is 22.2 Å². The highest BCUT2D eigenvalue weighted by atomic mass is 32.2. The molecule has 1 aliphatic heterocycles. The van der Waals surface area contributed by atoms with Crippen LogP contribution in [0.3, 0.4) is 0 Å². The number of nitrogens with zero attached hydrogens (tertiary/aromatic N) is 3. The van der Waals surface area contributed by atoms with Gasteiger partial charge in [0.2, 0.25) is 0 Å². The Morgan fingerprint density at radius 3 is 2.65 bits per heavy atom. The van der Waals surface area contributed by atoms with Gasteiger partial charge in [0.05, 0.1) is 27.4 Å². The van der Waals surface area contributed by atoms with E-state index in [1.165, 1.54) is 14.2 Å². The minimum atomic E-state index is -4.14. The molecule has 0 aliphatic carbocycles. The second kappa shape index (κ2) is 8.56. The molecule has 11 heteroatoms. The van der Waals surface area contributed by atoms with Crippen molar-refractivity contribution in [3.8, 4) is 17.2 Å². The number of hydrogen-bond donors (Lipinski definition) is 1. The first-order valence-corrected chi connectivity index (χ1v) is 12.2. The van der Waals surface area contributed by atoms with Crippen LogP contribution in [-0.4, -0.2) is 44.2 Å². The van der Waals surface area contributed by atoms with Gasteiger partial charge in [0, 0.05) is 18.0 Å². The fourth-order valence-corrected chi connectivity index (χ4v) is 5.55. The Balaban J connectivity index is 1.62. The molecule has 34 heavy (non-hydrogen) atoms. The first kappa shape index (κ1) is 22.1. The van der Waals surface area contributed by atoms with Crippen LogP contribution in [0.1, 0.15) is 18.1 Å². The Labute approximate surface area is 196 Å². The second-order valence-corrected chi connectivity index (χ2v) is 9.79. The van der Waals surface area contributed by atoms with Crippen molar-refractivity contribution in [2.75, 3.05) is 25.5 Å². The zero-order valence-corrected chi connectivity index (χ0v) is 19.8. The molecule has 2 aromatic heterocycles. The monoisotopic (exact) mass is 484 g/mol. The number of methoxy groups -OCH3 is 2. The van der Waals surface area contributed by atoms with E-state index in [1.54, 1.807) is 24.4 Å². The van der Waals surface area contributed by atoms with E-state index in [1.807, 2.05) is 23.0 Å². The minimum absolute atomic E-state index is 0.0411. The number of aromatic nitrogens is 3. The van der Waals surface area contributed by atoms with Gasteiger partial charge in [-0.25, -0.2) is 8.42 Å². The molecular formula is C23H24N4O6S. The first-order chi connectivity index (χ1) is 16.4. The van der Waals surface area contributed by atoms with Crippen LogP contribution in [0, 0.1) is 5.92 Å². The van der Waals surface area contributed by atoms with Crippen molar-refractivity contribution >= 4 is 26.8 Å². The van der Waals surface area contributed by atoms with Crippen molar-refractivity contribution in [1.29, 1.82) is 0 Å². The van der Waals surface area contributed by atoms with Gasteiger partial charge in [0.1, 0.15) is 22.6 Å². The summed E-state index contributed by atoms with van der Waals surface area (Å²) in [6, 6.07) is 8.47. The molecular weight excluding hydrogens is 460 g/mol. The fourth-order valence-electron chi connectivity index (χ4n) is 4.22. The molecule has 1 unspecified atom stereocenters. The third kappa shape index (κ3) is 3.81. The Kier molecular flexibility index (Phi) is 5.56. The second-order valence-electron chi connectivity index (χ2n) is 8.17. The third-order valence-corrected chi connectivity index (χ3v) is 7.15. The molecule has 0 spiro atoms. The highest BCUT2D eigenvalue weighted by Gasteiger charge is 2.31. The molecule has 1 N–H and O–H groups in total. The van der Waals surface area contributed by atoms with Gasteiger partial charge >= 0.3 is 0 Å². The normalized spacial score (nSPS) is 15.6. The number of rotatable bonds is 7. The lowest BCUT2D eigenvalue weighted by Crippen LogP contribution is -2.21. The standard InChI is InChI=1S/C23H24N4O6S/c1-14-10-16-15(12-27-9-5-8-24-27)11-19-20(21(16)32-13-14)23(25-33-19)26-34(28,29)22-17(30-2)6-4-7-18(22)31-3/h4-9,11,14H,10,12-13H2,1-3H3,(H,25,26). The Morgan fingerprint density at radius 1 is 1.21 bits per heavy atom. The molecule has 0 bridgehead atoms. The number of ether oxygens (including phenoxy) is 3. The number of hydrogen-bond acceptors (Lipinski definition) is 8. The van der Waals surface area contributed by atoms with Gasteiger partial charge in [0.25, 0.3) is 10.0 Å². The number of fused-ring (bicyclic) bond motifs is 3. The summed E-state index contributed by atoms with van der Waals surface area (Å²) in [5.41, 5.74) is 2.38. The van der Waals surface area contributed by atoms with Crippen LogP contribution in [0.15, 0.2) is 52.1 Å². The Morgan fingerprint density at radius 2 is 1.97 bits per heavy atom. The van der Waals surface area contributed by atoms with Gasteiger partial charge in [-0.2, -0.15) is 5.10 Å². The topological polar surface area (TPSA) is 118 Å². The lowest BCUT2D eigenvalue weighted by Gasteiger charge is -2.25. The fraction of sp³-hybridized carbons (Fsp3) is 0.304. The van der Waals surface area contributed by atoms with Gasteiger partial charge in [-0.05, 0) is 42.2 Å². The summed E-state index contributed by atoms with van der Waals surface area (Å²) in [4.78, 5) is -0.130. The van der Waals surface area contributed by atoms with Crippen LogP contribution < -0.4 is 18.9 Å². The summed E-state index contributed by atoms with van der Waals surface area (Å²) < 4.78 is 53.3. The van der Waals surface area contributed by atoms with Crippen LogP contribution in [0.5, 0.6) is 17.2 Å².